The van der Waals surface area contributed by atoms with Gasteiger partial charge in [-0.2, -0.15) is 13.2 Å². The predicted molar refractivity (Wildman–Crippen MR) is 105 cm³/mol. The largest absolute Gasteiger partial charge is 0.542 e. The number of carbonyl (C=O) groups excluding carboxylic acids is 2. The quantitative estimate of drug-likeness (QED) is 0.558. The molecule has 2 aliphatic rings. The van der Waals surface area contributed by atoms with E-state index in [0.717, 1.165) is 48.7 Å². The number of aliphatic carboxylic acids is 1. The van der Waals surface area contributed by atoms with Crippen molar-refractivity contribution in [1.82, 2.24) is 0 Å². The Balaban J connectivity index is 0.000000423. The average molecular weight is 443 g/mol. The van der Waals surface area contributed by atoms with E-state index in [1.807, 2.05) is 24.3 Å². The smallest absolute Gasteiger partial charge is 0.430 e. The monoisotopic (exact) mass is 443 g/mol. The van der Waals surface area contributed by atoms with Crippen LogP contribution in [0.2, 0.25) is 0 Å². The van der Waals surface area contributed by atoms with Crippen LogP contribution in [0.5, 0.6) is 0 Å². The number of nitrogens with zero attached hydrogens (tertiary/aromatic N) is 1. The summed E-state index contributed by atoms with van der Waals surface area (Å²) in [5.41, 5.74) is 2.87. The second kappa shape index (κ2) is 10.3. The van der Waals surface area contributed by atoms with E-state index in [2.05, 4.69) is 20.2 Å². The standard InChI is InChI=1S/C20H28NO3.C2HF3O2/c1-21(2)13-7-10-16(21)14-24-20(23)19(22)18-12-6-5-11-17(18)15-8-3-4-9-15;3-2(4,5)1(6)7/h5-6,8,11-12,16,19,22H,3-4,7,9-10,13-14H2,1-2H3;(H,6,7)/q+1;/p-1/t16-,19?;/m1./s1. The first-order valence-corrected chi connectivity index (χ1v) is 10.2. The van der Waals surface area contributed by atoms with Crippen LogP contribution in [0.1, 0.15) is 49.3 Å². The van der Waals surface area contributed by atoms with Gasteiger partial charge in [0.2, 0.25) is 0 Å². The van der Waals surface area contributed by atoms with Crippen LogP contribution in [-0.4, -0.2) is 61.0 Å². The summed E-state index contributed by atoms with van der Waals surface area (Å²) in [6.07, 6.45) is 1.24. The lowest BCUT2D eigenvalue weighted by Crippen LogP contribution is -2.46. The summed E-state index contributed by atoms with van der Waals surface area (Å²) in [6.45, 7) is 1.50. The molecule has 1 aromatic carbocycles. The molecule has 1 N–H and O–H groups in total. The molecule has 1 saturated heterocycles. The van der Waals surface area contributed by atoms with E-state index in [-0.39, 0.29) is 0 Å². The number of alkyl halides is 3. The summed E-state index contributed by atoms with van der Waals surface area (Å²) in [4.78, 5) is 21.2. The number of rotatable bonds is 5. The van der Waals surface area contributed by atoms with E-state index in [9.17, 15) is 23.1 Å². The van der Waals surface area contributed by atoms with Crippen molar-refractivity contribution in [2.75, 3.05) is 27.2 Å². The maximum absolute atomic E-state index is 12.4. The van der Waals surface area contributed by atoms with Gasteiger partial charge in [0.1, 0.15) is 18.6 Å². The molecule has 2 atom stereocenters. The maximum Gasteiger partial charge on any atom is 0.430 e. The summed E-state index contributed by atoms with van der Waals surface area (Å²) < 4.78 is 37.9. The zero-order valence-electron chi connectivity index (χ0n) is 17.7. The van der Waals surface area contributed by atoms with E-state index >= 15 is 0 Å². The van der Waals surface area contributed by atoms with Gasteiger partial charge in [-0.05, 0) is 36.0 Å². The minimum atomic E-state index is -5.19. The van der Waals surface area contributed by atoms with Gasteiger partial charge in [-0.25, -0.2) is 4.79 Å². The first kappa shape index (κ1) is 24.9. The van der Waals surface area contributed by atoms with Crippen LogP contribution >= 0.6 is 0 Å². The predicted octanol–water partition coefficient (Wildman–Crippen LogP) is 2.37. The highest BCUT2D eigenvalue weighted by Crippen LogP contribution is 2.33. The van der Waals surface area contributed by atoms with Crippen LogP contribution in [0.4, 0.5) is 13.2 Å². The van der Waals surface area contributed by atoms with Crippen LogP contribution in [0.25, 0.3) is 5.57 Å². The summed E-state index contributed by atoms with van der Waals surface area (Å²) in [7, 11) is 4.34. The van der Waals surface area contributed by atoms with Gasteiger partial charge in [-0.3, -0.25) is 0 Å². The molecule has 3 rings (SSSR count). The van der Waals surface area contributed by atoms with Gasteiger partial charge >= 0.3 is 12.1 Å². The lowest BCUT2D eigenvalue weighted by atomic mass is 9.96. The van der Waals surface area contributed by atoms with Gasteiger partial charge in [0.05, 0.1) is 20.6 Å². The third-order valence-corrected chi connectivity index (χ3v) is 5.78. The highest BCUT2D eigenvalue weighted by Gasteiger charge is 2.35. The number of quaternary nitrogens is 1. The molecule has 0 amide bonds. The van der Waals surface area contributed by atoms with E-state index in [1.165, 1.54) is 5.57 Å². The Kier molecular flexibility index (Phi) is 8.25. The van der Waals surface area contributed by atoms with E-state index in [0.29, 0.717) is 18.2 Å². The molecule has 9 heteroatoms. The second-order valence-corrected chi connectivity index (χ2v) is 8.32. The Morgan fingerprint density at radius 1 is 1.26 bits per heavy atom. The number of likely N-dealkylation sites (tertiary alicyclic amines) is 1. The van der Waals surface area contributed by atoms with E-state index in [1.54, 1.807) is 0 Å². The number of hydrogen-bond acceptors (Lipinski definition) is 5. The fraction of sp³-hybridized carbons (Fsp3) is 0.545. The third kappa shape index (κ3) is 6.80. The van der Waals surface area contributed by atoms with Crippen molar-refractivity contribution in [3.8, 4) is 0 Å². The highest BCUT2D eigenvalue weighted by molar-refractivity contribution is 5.80. The van der Waals surface area contributed by atoms with Crippen LogP contribution in [0.15, 0.2) is 30.3 Å². The van der Waals surface area contributed by atoms with Gasteiger partial charge < -0.3 is 24.2 Å². The van der Waals surface area contributed by atoms with Crippen LogP contribution in [0.3, 0.4) is 0 Å². The summed E-state index contributed by atoms with van der Waals surface area (Å²) >= 11 is 0. The maximum atomic E-state index is 12.4. The van der Waals surface area contributed by atoms with Gasteiger partial charge in [0.15, 0.2) is 6.10 Å². The Morgan fingerprint density at radius 3 is 2.42 bits per heavy atom. The van der Waals surface area contributed by atoms with Gasteiger partial charge in [-0.1, -0.05) is 30.3 Å². The van der Waals surface area contributed by atoms with E-state index < -0.39 is 24.2 Å². The molecule has 1 aliphatic heterocycles. The summed E-state index contributed by atoms with van der Waals surface area (Å²) in [5.74, 6) is -3.54. The number of carboxylic acid groups (broad SMARTS) is 1. The van der Waals surface area contributed by atoms with Crippen molar-refractivity contribution in [1.29, 1.82) is 0 Å². The van der Waals surface area contributed by atoms with Crippen molar-refractivity contribution < 1.29 is 42.2 Å². The van der Waals surface area contributed by atoms with Gasteiger partial charge in [0.25, 0.3) is 0 Å². The molecular weight excluding hydrogens is 415 g/mol. The Morgan fingerprint density at radius 2 is 1.90 bits per heavy atom. The summed E-state index contributed by atoms with van der Waals surface area (Å²) in [5, 5.41) is 19.3. The van der Waals surface area contributed by atoms with E-state index in [4.69, 9.17) is 14.6 Å². The molecule has 1 aliphatic carbocycles. The molecule has 0 saturated carbocycles. The first-order chi connectivity index (χ1) is 14.4. The number of esters is 1. The number of ether oxygens (including phenoxy) is 1. The van der Waals surface area contributed by atoms with Gasteiger partial charge in [-0.15, -0.1) is 0 Å². The normalized spacial score (nSPS) is 21.0. The number of aliphatic hydroxyl groups is 1. The highest BCUT2D eigenvalue weighted by atomic mass is 19.4. The molecule has 1 heterocycles. The van der Waals surface area contributed by atoms with Crippen LogP contribution in [-0.2, 0) is 14.3 Å². The second-order valence-electron chi connectivity index (χ2n) is 8.32. The van der Waals surface area contributed by atoms with Crippen LogP contribution in [0, 0.1) is 0 Å². The molecule has 6 nitrogen and oxygen atoms in total. The molecule has 1 fully saturated rings. The van der Waals surface area contributed by atoms with Crippen molar-refractivity contribution in [3.63, 3.8) is 0 Å². The molecular formula is C22H28F3NO5. The average Bonchev–Trinajstić information content (AvgIpc) is 3.34. The molecule has 0 spiro atoms. The fourth-order valence-electron chi connectivity index (χ4n) is 3.88. The van der Waals surface area contributed by atoms with Crippen molar-refractivity contribution in [2.45, 2.75) is 50.4 Å². The number of hydrogen-bond donors (Lipinski definition) is 1. The fourth-order valence-corrected chi connectivity index (χ4v) is 3.88. The number of likely N-dealkylation sites (N-methyl/N-ethyl adjacent to an activating group) is 1. The van der Waals surface area contributed by atoms with Crippen molar-refractivity contribution in [3.05, 3.63) is 41.5 Å². The van der Waals surface area contributed by atoms with Crippen LogP contribution < -0.4 is 5.11 Å². The molecule has 0 bridgehead atoms. The minimum absolute atomic E-state index is 0.328. The number of benzene rings is 1. The Bertz CT molecular complexity index is 820. The number of aliphatic hydroxyl groups excluding tert-OH is 1. The van der Waals surface area contributed by atoms with Gasteiger partial charge in [0, 0.05) is 12.8 Å². The summed E-state index contributed by atoms with van der Waals surface area (Å²) in [6, 6.07) is 7.96. The lowest BCUT2D eigenvalue weighted by molar-refractivity contribution is -0.902. The Hall–Kier alpha value is -2.39. The SMILES string of the molecule is C[N+]1(C)CCC[C@@H]1COC(=O)C(O)c1ccccc1C1=CCCC1.O=C([O-])C(F)(F)F. The van der Waals surface area contributed by atoms with Crippen molar-refractivity contribution >= 4 is 17.5 Å². The minimum Gasteiger partial charge on any atom is -0.542 e. The lowest BCUT2D eigenvalue weighted by Gasteiger charge is -2.31. The molecule has 0 radical (unpaired) electrons. The topological polar surface area (TPSA) is 86.7 Å². The molecule has 172 valence electrons. The number of carboxylic acids is 1. The number of allylic oxidation sites excluding steroid dienone is 2. The molecule has 31 heavy (non-hydrogen) atoms. The molecule has 0 aromatic heterocycles. The third-order valence-electron chi connectivity index (χ3n) is 5.78. The molecule has 1 unspecified atom stereocenters. The van der Waals surface area contributed by atoms with Crippen molar-refractivity contribution in [2.24, 2.45) is 0 Å². The zero-order chi connectivity index (χ0) is 23.2. The first-order valence-electron chi connectivity index (χ1n) is 10.2. The Labute approximate surface area is 179 Å². The molecule has 1 aromatic rings. The number of halogens is 3. The number of carbonyl (C=O) groups is 2. The zero-order valence-corrected chi connectivity index (χ0v) is 17.7.